The maximum absolute atomic E-state index is 13.4. The summed E-state index contributed by atoms with van der Waals surface area (Å²) in [7, 11) is 1.46. The Morgan fingerprint density at radius 1 is 1.24 bits per heavy atom. The van der Waals surface area contributed by atoms with Crippen LogP contribution in [0, 0.1) is 5.82 Å². The van der Waals surface area contributed by atoms with Crippen molar-refractivity contribution in [3.05, 3.63) is 59.5 Å². The number of carbonyl (C=O) groups is 1. The van der Waals surface area contributed by atoms with Crippen molar-refractivity contribution >= 4 is 22.4 Å². The molecular weight excluding hydrogens is 271 g/mol. The van der Waals surface area contributed by atoms with Gasteiger partial charge in [0, 0.05) is 22.7 Å². The van der Waals surface area contributed by atoms with Gasteiger partial charge in [-0.1, -0.05) is 6.07 Å². The molecule has 0 spiro atoms. The van der Waals surface area contributed by atoms with Gasteiger partial charge in [-0.15, -0.1) is 0 Å². The van der Waals surface area contributed by atoms with E-state index in [1.807, 2.05) is 0 Å². The zero-order valence-electron chi connectivity index (χ0n) is 11.3. The fourth-order valence-electron chi connectivity index (χ4n) is 2.39. The highest BCUT2D eigenvalue weighted by atomic mass is 19.1. The number of ketones is 1. The Morgan fingerprint density at radius 2 is 2.05 bits per heavy atom. The predicted molar refractivity (Wildman–Crippen MR) is 79.1 cm³/mol. The van der Waals surface area contributed by atoms with Gasteiger partial charge < -0.3 is 15.5 Å². The topological polar surface area (TPSA) is 68.1 Å². The van der Waals surface area contributed by atoms with E-state index in [-0.39, 0.29) is 5.78 Å². The molecule has 1 aromatic heterocycles. The Labute approximate surface area is 120 Å². The number of fused-ring (bicyclic) bond motifs is 1. The van der Waals surface area contributed by atoms with Crippen molar-refractivity contribution in [3.8, 4) is 5.75 Å². The van der Waals surface area contributed by atoms with Crippen LogP contribution in [0.5, 0.6) is 5.75 Å². The molecule has 0 bridgehead atoms. The average Bonchev–Trinajstić information content (AvgIpc) is 2.89. The minimum absolute atomic E-state index is 0.268. The van der Waals surface area contributed by atoms with E-state index in [4.69, 9.17) is 10.5 Å². The molecule has 1 heterocycles. The molecule has 3 aromatic rings. The van der Waals surface area contributed by atoms with Gasteiger partial charge in [0.15, 0.2) is 11.5 Å². The van der Waals surface area contributed by atoms with Gasteiger partial charge in [0.25, 0.3) is 0 Å². The molecule has 0 fully saturated rings. The van der Waals surface area contributed by atoms with E-state index in [1.165, 1.54) is 19.2 Å². The van der Waals surface area contributed by atoms with E-state index >= 15 is 0 Å². The number of nitrogens with one attached hydrogen (secondary N) is 1. The molecule has 0 aliphatic heterocycles. The van der Waals surface area contributed by atoms with Gasteiger partial charge in [0.05, 0.1) is 18.4 Å². The van der Waals surface area contributed by atoms with Gasteiger partial charge in [-0.25, -0.2) is 4.39 Å². The molecule has 0 radical (unpaired) electrons. The third-order valence-electron chi connectivity index (χ3n) is 3.38. The first-order valence-electron chi connectivity index (χ1n) is 6.35. The Hall–Kier alpha value is -2.82. The van der Waals surface area contributed by atoms with Crippen molar-refractivity contribution < 1.29 is 13.9 Å². The van der Waals surface area contributed by atoms with Crippen molar-refractivity contribution in [2.45, 2.75) is 0 Å². The summed E-state index contributed by atoms with van der Waals surface area (Å²) < 4.78 is 18.6. The fourth-order valence-corrected chi connectivity index (χ4v) is 2.39. The van der Waals surface area contributed by atoms with E-state index < -0.39 is 5.82 Å². The van der Waals surface area contributed by atoms with Crippen LogP contribution in [-0.4, -0.2) is 17.9 Å². The largest absolute Gasteiger partial charge is 0.494 e. The van der Waals surface area contributed by atoms with E-state index in [0.29, 0.717) is 33.5 Å². The van der Waals surface area contributed by atoms with Crippen LogP contribution in [0.15, 0.2) is 42.6 Å². The standard InChI is InChI=1S/C16H13FN2O2/c1-21-16-10(3-2-4-13(16)18)15(20)12-8-19-14-6-5-9(17)7-11(12)14/h2-8,19H,18H2,1H3. The molecule has 5 heteroatoms. The van der Waals surface area contributed by atoms with Crippen LogP contribution in [0.25, 0.3) is 10.9 Å². The lowest BCUT2D eigenvalue weighted by Crippen LogP contribution is -2.05. The zero-order valence-corrected chi connectivity index (χ0v) is 11.3. The molecule has 0 unspecified atom stereocenters. The normalized spacial score (nSPS) is 10.8. The van der Waals surface area contributed by atoms with E-state index in [0.717, 1.165) is 0 Å². The van der Waals surface area contributed by atoms with Crippen molar-refractivity contribution in [3.63, 3.8) is 0 Å². The van der Waals surface area contributed by atoms with Crippen molar-refractivity contribution in [2.75, 3.05) is 12.8 Å². The van der Waals surface area contributed by atoms with Crippen LogP contribution in [0.3, 0.4) is 0 Å². The number of para-hydroxylation sites is 1. The van der Waals surface area contributed by atoms with Crippen LogP contribution in [0.1, 0.15) is 15.9 Å². The van der Waals surface area contributed by atoms with Gasteiger partial charge in [-0.2, -0.15) is 0 Å². The highest BCUT2D eigenvalue weighted by Gasteiger charge is 2.19. The lowest BCUT2D eigenvalue weighted by atomic mass is 10.0. The molecule has 0 saturated carbocycles. The van der Waals surface area contributed by atoms with E-state index in [9.17, 15) is 9.18 Å². The second-order valence-corrected chi connectivity index (χ2v) is 4.65. The van der Waals surface area contributed by atoms with Gasteiger partial charge in [0.2, 0.25) is 0 Å². The second kappa shape index (κ2) is 4.94. The molecule has 2 aromatic carbocycles. The van der Waals surface area contributed by atoms with Crippen LogP contribution >= 0.6 is 0 Å². The number of nitrogens with two attached hydrogens (primary N) is 1. The van der Waals surface area contributed by atoms with Crippen molar-refractivity contribution in [2.24, 2.45) is 0 Å². The average molecular weight is 284 g/mol. The third-order valence-corrected chi connectivity index (χ3v) is 3.38. The molecule has 0 amide bonds. The number of benzene rings is 2. The zero-order chi connectivity index (χ0) is 15.0. The highest BCUT2D eigenvalue weighted by Crippen LogP contribution is 2.30. The lowest BCUT2D eigenvalue weighted by Gasteiger charge is -2.09. The van der Waals surface area contributed by atoms with Gasteiger partial charge >= 0.3 is 0 Å². The molecule has 0 aliphatic rings. The summed E-state index contributed by atoms with van der Waals surface area (Å²) in [5.41, 5.74) is 7.63. The quantitative estimate of drug-likeness (QED) is 0.573. The first-order valence-corrected chi connectivity index (χ1v) is 6.35. The van der Waals surface area contributed by atoms with Gasteiger partial charge in [-0.05, 0) is 30.3 Å². The van der Waals surface area contributed by atoms with Crippen molar-refractivity contribution in [1.29, 1.82) is 0 Å². The SMILES string of the molecule is COc1c(N)cccc1C(=O)c1c[nH]c2ccc(F)cc12. The number of aromatic amines is 1. The Balaban J connectivity index is 2.17. The number of carbonyl (C=O) groups excluding carboxylic acids is 1. The molecule has 0 atom stereocenters. The molecule has 3 rings (SSSR count). The number of halogens is 1. The molecule has 106 valence electrons. The predicted octanol–water partition coefficient (Wildman–Crippen LogP) is 3.13. The van der Waals surface area contributed by atoms with Crippen molar-refractivity contribution in [1.82, 2.24) is 4.98 Å². The number of rotatable bonds is 3. The maximum Gasteiger partial charge on any atom is 0.198 e. The molecule has 3 N–H and O–H groups in total. The van der Waals surface area contributed by atoms with E-state index in [2.05, 4.69) is 4.98 Å². The number of methoxy groups -OCH3 is 1. The number of ether oxygens (including phenoxy) is 1. The number of nitrogen functional groups attached to an aromatic ring is 1. The number of H-pyrrole nitrogens is 1. The number of anilines is 1. The smallest absolute Gasteiger partial charge is 0.198 e. The fraction of sp³-hybridized carbons (Fsp3) is 0.0625. The van der Waals surface area contributed by atoms with Crippen LogP contribution < -0.4 is 10.5 Å². The highest BCUT2D eigenvalue weighted by molar-refractivity contribution is 6.18. The molecular formula is C16H13FN2O2. The Bertz CT molecular complexity index is 839. The minimum atomic E-state index is -0.393. The summed E-state index contributed by atoms with van der Waals surface area (Å²) in [6.07, 6.45) is 1.56. The summed E-state index contributed by atoms with van der Waals surface area (Å²) in [5.74, 6) is -0.333. The summed E-state index contributed by atoms with van der Waals surface area (Å²) in [6, 6.07) is 9.24. The summed E-state index contributed by atoms with van der Waals surface area (Å²) in [4.78, 5) is 15.6. The van der Waals surface area contributed by atoms with E-state index in [1.54, 1.807) is 30.5 Å². The molecule has 0 saturated heterocycles. The summed E-state index contributed by atoms with van der Waals surface area (Å²) in [6.45, 7) is 0. The summed E-state index contributed by atoms with van der Waals surface area (Å²) >= 11 is 0. The number of aromatic nitrogens is 1. The van der Waals surface area contributed by atoms with Crippen LogP contribution in [0.2, 0.25) is 0 Å². The first-order chi connectivity index (χ1) is 10.1. The lowest BCUT2D eigenvalue weighted by molar-refractivity contribution is 0.103. The monoisotopic (exact) mass is 284 g/mol. The summed E-state index contributed by atoms with van der Waals surface area (Å²) in [5, 5.41) is 0.532. The van der Waals surface area contributed by atoms with Gasteiger partial charge in [0.1, 0.15) is 5.82 Å². The van der Waals surface area contributed by atoms with Crippen LogP contribution in [0.4, 0.5) is 10.1 Å². The first kappa shape index (κ1) is 13.2. The molecule has 0 aliphatic carbocycles. The molecule has 21 heavy (non-hydrogen) atoms. The second-order valence-electron chi connectivity index (χ2n) is 4.65. The molecule has 4 nitrogen and oxygen atoms in total. The third kappa shape index (κ3) is 2.12. The van der Waals surface area contributed by atoms with Gasteiger partial charge in [-0.3, -0.25) is 4.79 Å². The number of hydrogen-bond donors (Lipinski definition) is 2. The Morgan fingerprint density at radius 3 is 2.81 bits per heavy atom. The number of hydrogen-bond acceptors (Lipinski definition) is 3. The Kier molecular flexibility index (Phi) is 3.10. The van der Waals surface area contributed by atoms with Crippen LogP contribution in [-0.2, 0) is 0 Å². The minimum Gasteiger partial charge on any atom is -0.494 e. The maximum atomic E-state index is 13.4.